The number of nitrogens with zero attached hydrogens (tertiary/aromatic N) is 1. The van der Waals surface area contributed by atoms with Crippen LogP contribution in [-0.2, 0) is 19.5 Å². The molecule has 0 aliphatic carbocycles. The summed E-state index contributed by atoms with van der Waals surface area (Å²) in [6, 6.07) is 4.24. The lowest BCUT2D eigenvalue weighted by Crippen LogP contribution is -2.39. The number of halogens is 3. The number of benzene rings is 1. The summed E-state index contributed by atoms with van der Waals surface area (Å²) in [6.45, 7) is 2.27. The third kappa shape index (κ3) is 6.11. The minimum Gasteiger partial charge on any atom is -0.406 e. The van der Waals surface area contributed by atoms with Crippen molar-refractivity contribution in [2.75, 3.05) is 40.0 Å². The molecule has 1 saturated heterocycles. The number of sulfonamides is 1. The molecule has 1 aliphatic heterocycles. The summed E-state index contributed by atoms with van der Waals surface area (Å²) in [5.41, 5.74) is 0. The molecule has 0 saturated carbocycles. The maximum atomic E-state index is 12.6. The summed E-state index contributed by atoms with van der Waals surface area (Å²) in [7, 11) is -2.15. The Hall–Kier alpha value is -1.36. The molecule has 0 radical (unpaired) electrons. The highest BCUT2D eigenvalue weighted by atomic mass is 32.2. The zero-order valence-electron chi connectivity index (χ0n) is 14.4. The number of methoxy groups -OCH3 is 1. The molecular weight excluding hydrogens is 375 g/mol. The van der Waals surface area contributed by atoms with E-state index in [0.717, 1.165) is 24.3 Å². The molecule has 1 aliphatic rings. The Morgan fingerprint density at radius 3 is 2.27 bits per heavy atom. The van der Waals surface area contributed by atoms with Gasteiger partial charge in [0.05, 0.1) is 18.1 Å². The number of piperidine rings is 1. The van der Waals surface area contributed by atoms with Gasteiger partial charge in [-0.15, -0.1) is 13.2 Å². The van der Waals surface area contributed by atoms with Crippen molar-refractivity contribution in [1.29, 1.82) is 0 Å². The Kier molecular flexibility index (Phi) is 7.27. The highest BCUT2D eigenvalue weighted by Gasteiger charge is 2.32. The maximum absolute atomic E-state index is 12.6. The number of hydrogen-bond donors (Lipinski definition) is 0. The molecule has 1 aromatic carbocycles. The molecule has 0 atom stereocenters. The van der Waals surface area contributed by atoms with Crippen molar-refractivity contribution in [2.45, 2.75) is 24.1 Å². The van der Waals surface area contributed by atoms with Crippen molar-refractivity contribution >= 4 is 10.0 Å². The van der Waals surface area contributed by atoms with Gasteiger partial charge in [0, 0.05) is 26.8 Å². The van der Waals surface area contributed by atoms with Gasteiger partial charge in [0.1, 0.15) is 5.75 Å². The molecule has 0 spiro atoms. The van der Waals surface area contributed by atoms with Gasteiger partial charge >= 0.3 is 6.36 Å². The molecule has 2 rings (SSSR count). The van der Waals surface area contributed by atoms with E-state index in [1.165, 1.54) is 4.31 Å². The van der Waals surface area contributed by atoms with E-state index in [4.69, 9.17) is 9.47 Å². The van der Waals surface area contributed by atoms with Crippen molar-refractivity contribution < 1.29 is 35.8 Å². The quantitative estimate of drug-likeness (QED) is 0.631. The summed E-state index contributed by atoms with van der Waals surface area (Å²) in [5.74, 6) is -0.177. The highest BCUT2D eigenvalue weighted by Crippen LogP contribution is 2.27. The number of rotatable bonds is 8. The molecule has 1 fully saturated rings. The first-order valence-electron chi connectivity index (χ1n) is 8.15. The predicted molar refractivity (Wildman–Crippen MR) is 87.3 cm³/mol. The molecule has 1 aromatic rings. The summed E-state index contributed by atoms with van der Waals surface area (Å²) in [5, 5.41) is 0. The van der Waals surface area contributed by atoms with Gasteiger partial charge in [0.2, 0.25) is 10.0 Å². The van der Waals surface area contributed by atoms with E-state index in [9.17, 15) is 21.6 Å². The van der Waals surface area contributed by atoms with Crippen molar-refractivity contribution in [3.05, 3.63) is 24.3 Å². The van der Waals surface area contributed by atoms with E-state index in [2.05, 4.69) is 4.74 Å². The first-order valence-corrected chi connectivity index (χ1v) is 9.59. The average Bonchev–Trinajstić information content (AvgIpc) is 2.58. The van der Waals surface area contributed by atoms with Gasteiger partial charge in [-0.2, -0.15) is 4.31 Å². The summed E-state index contributed by atoms with van der Waals surface area (Å²) in [6.07, 6.45) is -3.48. The maximum Gasteiger partial charge on any atom is 0.573 e. The van der Waals surface area contributed by atoms with Crippen LogP contribution in [0.2, 0.25) is 0 Å². The second-order valence-corrected chi connectivity index (χ2v) is 7.87. The van der Waals surface area contributed by atoms with Crippen molar-refractivity contribution in [1.82, 2.24) is 4.31 Å². The molecule has 10 heteroatoms. The van der Waals surface area contributed by atoms with Crippen LogP contribution in [0.1, 0.15) is 12.8 Å². The Labute approximate surface area is 150 Å². The zero-order valence-corrected chi connectivity index (χ0v) is 15.2. The van der Waals surface area contributed by atoms with Gasteiger partial charge in [-0.3, -0.25) is 0 Å². The van der Waals surface area contributed by atoms with Crippen LogP contribution in [0.25, 0.3) is 0 Å². The summed E-state index contributed by atoms with van der Waals surface area (Å²) in [4.78, 5) is -0.0539. The normalized spacial score (nSPS) is 17.4. The van der Waals surface area contributed by atoms with Gasteiger partial charge in [-0.25, -0.2) is 8.42 Å². The van der Waals surface area contributed by atoms with Crippen molar-refractivity contribution in [2.24, 2.45) is 5.92 Å². The van der Waals surface area contributed by atoms with Crippen molar-refractivity contribution in [3.8, 4) is 5.75 Å². The van der Waals surface area contributed by atoms with Crippen LogP contribution in [0, 0.1) is 5.92 Å². The molecular formula is C16H22F3NO5S. The first-order chi connectivity index (χ1) is 12.2. The van der Waals surface area contributed by atoms with E-state index >= 15 is 0 Å². The van der Waals surface area contributed by atoms with E-state index < -0.39 is 22.1 Å². The number of hydrogen-bond acceptors (Lipinski definition) is 5. The van der Waals surface area contributed by atoms with Crippen LogP contribution in [0.3, 0.4) is 0 Å². The molecule has 6 nitrogen and oxygen atoms in total. The van der Waals surface area contributed by atoms with E-state index in [0.29, 0.717) is 45.8 Å². The lowest BCUT2D eigenvalue weighted by atomic mass is 9.99. The smallest absolute Gasteiger partial charge is 0.406 e. The largest absolute Gasteiger partial charge is 0.573 e. The van der Waals surface area contributed by atoms with Gasteiger partial charge in [-0.05, 0) is 43.0 Å². The van der Waals surface area contributed by atoms with Crippen LogP contribution in [0.4, 0.5) is 13.2 Å². The highest BCUT2D eigenvalue weighted by molar-refractivity contribution is 7.89. The topological polar surface area (TPSA) is 65.1 Å². The lowest BCUT2D eigenvalue weighted by Gasteiger charge is -2.31. The molecule has 1 heterocycles. The number of ether oxygens (including phenoxy) is 3. The average molecular weight is 397 g/mol. The minimum atomic E-state index is -4.81. The van der Waals surface area contributed by atoms with Crippen molar-refractivity contribution in [3.63, 3.8) is 0 Å². The lowest BCUT2D eigenvalue weighted by molar-refractivity contribution is -0.274. The third-order valence-electron chi connectivity index (χ3n) is 4.05. The van der Waals surface area contributed by atoms with Crippen LogP contribution < -0.4 is 4.74 Å². The fourth-order valence-corrected chi connectivity index (χ4v) is 4.14. The van der Waals surface area contributed by atoms with Gasteiger partial charge < -0.3 is 14.2 Å². The summed E-state index contributed by atoms with van der Waals surface area (Å²) < 4.78 is 77.2. The second-order valence-electron chi connectivity index (χ2n) is 5.93. The molecule has 148 valence electrons. The molecule has 0 amide bonds. The fraction of sp³-hybridized carbons (Fsp3) is 0.625. The van der Waals surface area contributed by atoms with Crippen LogP contribution >= 0.6 is 0 Å². The third-order valence-corrected chi connectivity index (χ3v) is 5.97. The van der Waals surface area contributed by atoms with Gasteiger partial charge in [0.15, 0.2) is 0 Å². The Morgan fingerprint density at radius 1 is 1.12 bits per heavy atom. The molecule has 0 N–H and O–H groups in total. The van der Waals surface area contributed by atoms with Gasteiger partial charge in [-0.1, -0.05) is 0 Å². The van der Waals surface area contributed by atoms with Crippen LogP contribution in [0.15, 0.2) is 29.2 Å². The standard InChI is InChI=1S/C16H22F3NO5S/c1-23-10-11-24-12-13-6-8-20(9-7-13)26(21,22)15-4-2-14(3-5-15)25-16(17,18)19/h2-5,13H,6-12H2,1H3. The van der Waals surface area contributed by atoms with Crippen LogP contribution in [0.5, 0.6) is 5.75 Å². The molecule has 0 bridgehead atoms. The molecule has 0 aromatic heterocycles. The minimum absolute atomic E-state index is 0.0539. The van der Waals surface area contributed by atoms with E-state index in [1.807, 2.05) is 0 Å². The Balaban J connectivity index is 1.90. The number of alkyl halides is 3. The SMILES string of the molecule is COCCOCC1CCN(S(=O)(=O)c2ccc(OC(F)(F)F)cc2)CC1. The fourth-order valence-electron chi connectivity index (χ4n) is 2.67. The molecule has 26 heavy (non-hydrogen) atoms. The van der Waals surface area contributed by atoms with Gasteiger partial charge in [0.25, 0.3) is 0 Å². The Morgan fingerprint density at radius 2 is 1.73 bits per heavy atom. The van der Waals surface area contributed by atoms with Crippen LogP contribution in [-0.4, -0.2) is 59.1 Å². The zero-order chi connectivity index (χ0) is 19.2. The molecule has 0 unspecified atom stereocenters. The first kappa shape index (κ1) is 20.9. The summed E-state index contributed by atoms with van der Waals surface area (Å²) >= 11 is 0. The predicted octanol–water partition coefficient (Wildman–Crippen LogP) is 2.65. The monoisotopic (exact) mass is 397 g/mol. The van der Waals surface area contributed by atoms with E-state index in [1.54, 1.807) is 7.11 Å². The second kappa shape index (κ2) is 9.03. The Bertz CT molecular complexity index is 655. The van der Waals surface area contributed by atoms with E-state index in [-0.39, 0.29) is 10.8 Å².